The molecule has 1 aliphatic heterocycles. The van der Waals surface area contributed by atoms with Crippen LogP contribution >= 0.6 is 0 Å². The first-order valence-corrected chi connectivity index (χ1v) is 6.59. The van der Waals surface area contributed by atoms with Crippen molar-refractivity contribution in [1.29, 1.82) is 0 Å². The molecule has 0 aliphatic carbocycles. The summed E-state index contributed by atoms with van der Waals surface area (Å²) in [6, 6.07) is 5.76. The maximum Gasteiger partial charge on any atom is 0.123 e. The number of nitrogens with one attached hydrogen (secondary N) is 1. The Labute approximate surface area is 112 Å². The number of rotatable bonds is 7. The summed E-state index contributed by atoms with van der Waals surface area (Å²) in [6.45, 7) is 3.17. The maximum absolute atomic E-state index is 12.7. The van der Waals surface area contributed by atoms with Gasteiger partial charge in [-0.15, -0.1) is 0 Å². The minimum atomic E-state index is -0.577. The first-order valence-electron chi connectivity index (χ1n) is 6.59. The van der Waals surface area contributed by atoms with Crippen LogP contribution in [-0.2, 0) is 4.74 Å². The van der Waals surface area contributed by atoms with Crippen LogP contribution in [0.4, 0.5) is 4.39 Å². The average molecular weight is 269 g/mol. The Morgan fingerprint density at radius 3 is 2.89 bits per heavy atom. The van der Waals surface area contributed by atoms with E-state index in [1.165, 1.54) is 12.1 Å². The van der Waals surface area contributed by atoms with E-state index >= 15 is 0 Å². The Morgan fingerprint density at radius 2 is 2.21 bits per heavy atom. The molecule has 2 N–H and O–H groups in total. The van der Waals surface area contributed by atoms with E-state index in [0.717, 1.165) is 26.2 Å². The van der Waals surface area contributed by atoms with Crippen LogP contribution in [0.1, 0.15) is 6.42 Å². The van der Waals surface area contributed by atoms with Gasteiger partial charge in [0.2, 0.25) is 0 Å². The maximum atomic E-state index is 12.7. The molecule has 0 saturated carbocycles. The topological polar surface area (TPSA) is 50.7 Å². The van der Waals surface area contributed by atoms with Gasteiger partial charge in [-0.1, -0.05) is 0 Å². The zero-order valence-corrected chi connectivity index (χ0v) is 10.8. The molecule has 2 unspecified atom stereocenters. The summed E-state index contributed by atoms with van der Waals surface area (Å²) in [5.41, 5.74) is 0. The zero-order valence-electron chi connectivity index (χ0n) is 10.8. The van der Waals surface area contributed by atoms with E-state index in [9.17, 15) is 9.50 Å². The Balaban J connectivity index is 1.58. The first-order chi connectivity index (χ1) is 9.24. The highest BCUT2D eigenvalue weighted by molar-refractivity contribution is 5.22. The van der Waals surface area contributed by atoms with Crippen molar-refractivity contribution in [1.82, 2.24) is 5.32 Å². The van der Waals surface area contributed by atoms with Crippen LogP contribution < -0.4 is 10.1 Å². The number of halogens is 1. The number of hydrogen-bond donors (Lipinski definition) is 2. The largest absolute Gasteiger partial charge is 0.491 e. The number of benzene rings is 1. The Kier molecular flexibility index (Phi) is 5.57. The SMILES string of the molecule is OC(CNCC1CCOC1)COc1ccc(F)cc1. The average Bonchev–Trinajstić information content (AvgIpc) is 2.91. The van der Waals surface area contributed by atoms with Crippen molar-refractivity contribution in [2.24, 2.45) is 5.92 Å². The molecule has 1 saturated heterocycles. The van der Waals surface area contributed by atoms with Crippen molar-refractivity contribution in [3.63, 3.8) is 0 Å². The normalized spacial score (nSPS) is 20.4. The van der Waals surface area contributed by atoms with Gasteiger partial charge in [-0.2, -0.15) is 0 Å². The highest BCUT2D eigenvalue weighted by Gasteiger charge is 2.15. The molecular formula is C14H20FNO3. The lowest BCUT2D eigenvalue weighted by Gasteiger charge is -2.14. The summed E-state index contributed by atoms with van der Waals surface area (Å²) in [5, 5.41) is 12.9. The summed E-state index contributed by atoms with van der Waals surface area (Å²) < 4.78 is 23.3. The van der Waals surface area contributed by atoms with E-state index in [2.05, 4.69) is 5.32 Å². The fraction of sp³-hybridized carbons (Fsp3) is 0.571. The molecule has 5 heteroatoms. The van der Waals surface area contributed by atoms with Crippen LogP contribution in [0, 0.1) is 11.7 Å². The third-order valence-electron chi connectivity index (χ3n) is 3.09. The second-order valence-corrected chi connectivity index (χ2v) is 4.81. The second-order valence-electron chi connectivity index (χ2n) is 4.81. The molecule has 1 fully saturated rings. The van der Waals surface area contributed by atoms with Crippen molar-refractivity contribution < 1.29 is 19.0 Å². The first kappa shape index (κ1) is 14.2. The molecule has 1 aromatic rings. The summed E-state index contributed by atoms with van der Waals surface area (Å²) >= 11 is 0. The predicted molar refractivity (Wildman–Crippen MR) is 69.7 cm³/mol. The molecule has 2 atom stereocenters. The van der Waals surface area contributed by atoms with Gasteiger partial charge in [-0.3, -0.25) is 0 Å². The molecule has 19 heavy (non-hydrogen) atoms. The number of aliphatic hydroxyl groups is 1. The summed E-state index contributed by atoms with van der Waals surface area (Å²) in [5.74, 6) is 0.809. The van der Waals surface area contributed by atoms with Crippen molar-refractivity contribution in [3.8, 4) is 5.75 Å². The Hall–Kier alpha value is -1.17. The lowest BCUT2D eigenvalue weighted by molar-refractivity contribution is 0.105. The summed E-state index contributed by atoms with van der Waals surface area (Å²) in [4.78, 5) is 0. The van der Waals surface area contributed by atoms with E-state index in [1.54, 1.807) is 12.1 Å². The standard InChI is InChI=1S/C14H20FNO3/c15-12-1-3-14(4-2-12)19-10-13(17)8-16-7-11-5-6-18-9-11/h1-4,11,13,16-17H,5-10H2. The van der Waals surface area contributed by atoms with Gasteiger partial charge in [0.25, 0.3) is 0 Å². The fourth-order valence-electron chi connectivity index (χ4n) is 1.98. The highest BCUT2D eigenvalue weighted by Crippen LogP contribution is 2.12. The summed E-state index contributed by atoms with van der Waals surface area (Å²) in [7, 11) is 0. The van der Waals surface area contributed by atoms with Gasteiger partial charge >= 0.3 is 0 Å². The highest BCUT2D eigenvalue weighted by atomic mass is 19.1. The third-order valence-corrected chi connectivity index (χ3v) is 3.09. The molecule has 4 nitrogen and oxygen atoms in total. The molecule has 0 bridgehead atoms. The zero-order chi connectivity index (χ0) is 13.5. The van der Waals surface area contributed by atoms with Gasteiger partial charge in [0.1, 0.15) is 24.3 Å². The fourth-order valence-corrected chi connectivity index (χ4v) is 1.98. The Bertz CT molecular complexity index is 365. The van der Waals surface area contributed by atoms with Crippen LogP contribution in [-0.4, -0.2) is 44.1 Å². The van der Waals surface area contributed by atoms with Gasteiger partial charge in [0.05, 0.1) is 6.61 Å². The molecule has 0 amide bonds. The van der Waals surface area contributed by atoms with Crippen molar-refractivity contribution in [3.05, 3.63) is 30.1 Å². The monoisotopic (exact) mass is 269 g/mol. The molecule has 0 aromatic heterocycles. The minimum Gasteiger partial charge on any atom is -0.491 e. The lowest BCUT2D eigenvalue weighted by atomic mass is 10.1. The molecule has 106 valence electrons. The number of ether oxygens (including phenoxy) is 2. The van der Waals surface area contributed by atoms with Crippen molar-refractivity contribution >= 4 is 0 Å². The van der Waals surface area contributed by atoms with Crippen LogP contribution in [0.25, 0.3) is 0 Å². The minimum absolute atomic E-state index is 0.194. The quantitative estimate of drug-likeness (QED) is 0.781. The third kappa shape index (κ3) is 5.14. The lowest BCUT2D eigenvalue weighted by Crippen LogP contribution is -2.34. The van der Waals surface area contributed by atoms with Crippen LogP contribution in [0.2, 0.25) is 0 Å². The molecule has 1 aromatic carbocycles. The number of hydrogen-bond acceptors (Lipinski definition) is 4. The smallest absolute Gasteiger partial charge is 0.123 e. The van der Waals surface area contributed by atoms with E-state index in [4.69, 9.17) is 9.47 Å². The predicted octanol–water partition coefficient (Wildman–Crippen LogP) is 1.19. The van der Waals surface area contributed by atoms with Gasteiger partial charge in [0.15, 0.2) is 0 Å². The van der Waals surface area contributed by atoms with Crippen LogP contribution in [0.5, 0.6) is 5.75 Å². The van der Waals surface area contributed by atoms with E-state index in [0.29, 0.717) is 18.2 Å². The van der Waals surface area contributed by atoms with Crippen LogP contribution in [0.3, 0.4) is 0 Å². The second kappa shape index (κ2) is 7.43. The van der Waals surface area contributed by atoms with Crippen LogP contribution in [0.15, 0.2) is 24.3 Å². The van der Waals surface area contributed by atoms with Gasteiger partial charge in [-0.05, 0) is 36.6 Å². The van der Waals surface area contributed by atoms with Gasteiger partial charge < -0.3 is 19.9 Å². The van der Waals surface area contributed by atoms with Crippen molar-refractivity contribution in [2.75, 3.05) is 32.9 Å². The molecule has 0 spiro atoms. The molecule has 2 rings (SSSR count). The van der Waals surface area contributed by atoms with Gasteiger partial charge in [-0.25, -0.2) is 4.39 Å². The molecular weight excluding hydrogens is 249 g/mol. The molecule has 0 radical (unpaired) electrons. The van der Waals surface area contributed by atoms with Gasteiger partial charge in [0, 0.05) is 19.7 Å². The van der Waals surface area contributed by atoms with E-state index < -0.39 is 6.10 Å². The molecule has 1 heterocycles. The Morgan fingerprint density at radius 1 is 1.42 bits per heavy atom. The molecule has 1 aliphatic rings. The van der Waals surface area contributed by atoms with Crippen molar-refractivity contribution in [2.45, 2.75) is 12.5 Å². The summed E-state index contributed by atoms with van der Waals surface area (Å²) in [6.07, 6.45) is 0.502. The van der Waals surface area contributed by atoms with E-state index in [1.807, 2.05) is 0 Å². The number of aliphatic hydroxyl groups excluding tert-OH is 1. The van der Waals surface area contributed by atoms with E-state index in [-0.39, 0.29) is 12.4 Å².